The Morgan fingerprint density at radius 3 is 2.65 bits per heavy atom. The van der Waals surface area contributed by atoms with E-state index in [-0.39, 0.29) is 12.1 Å². The molecule has 26 heavy (non-hydrogen) atoms. The molecule has 4 rings (SSSR count). The maximum atomic E-state index is 12.2. The lowest BCUT2D eigenvalue weighted by Crippen LogP contribution is -2.30. The van der Waals surface area contributed by atoms with Gasteiger partial charge in [0.05, 0.1) is 11.7 Å². The number of fused-ring (bicyclic) bond motifs is 1. The van der Waals surface area contributed by atoms with Crippen molar-refractivity contribution in [1.29, 1.82) is 0 Å². The summed E-state index contributed by atoms with van der Waals surface area (Å²) in [6.45, 7) is 3.04. The second kappa shape index (κ2) is 7.92. The minimum Gasteiger partial charge on any atom is -0.459 e. The monoisotopic (exact) mass is 351 g/mol. The molecule has 0 amide bonds. The Labute approximate surface area is 154 Å². The molecule has 0 bridgehead atoms. The number of hydrogen-bond donors (Lipinski definition) is 0. The zero-order valence-corrected chi connectivity index (χ0v) is 15.0. The first kappa shape index (κ1) is 17.1. The molecule has 0 aliphatic carbocycles. The molecule has 2 heterocycles. The second-order valence-corrected chi connectivity index (χ2v) is 7.07. The van der Waals surface area contributed by atoms with Crippen molar-refractivity contribution in [2.24, 2.45) is 0 Å². The summed E-state index contributed by atoms with van der Waals surface area (Å²) < 4.78 is 11.0. The minimum atomic E-state index is -0.269. The van der Waals surface area contributed by atoms with Gasteiger partial charge in [0, 0.05) is 25.4 Å². The van der Waals surface area contributed by atoms with E-state index < -0.39 is 0 Å². The Morgan fingerprint density at radius 2 is 1.88 bits per heavy atom. The first-order valence-corrected chi connectivity index (χ1v) is 9.50. The highest BCUT2D eigenvalue weighted by molar-refractivity contribution is 5.89. The molecule has 2 aliphatic rings. The molecule has 0 saturated carbocycles. The maximum absolute atomic E-state index is 12.2. The van der Waals surface area contributed by atoms with Gasteiger partial charge in [-0.3, -0.25) is 0 Å². The van der Waals surface area contributed by atoms with E-state index in [0.717, 1.165) is 51.1 Å². The quantitative estimate of drug-likeness (QED) is 0.781. The highest BCUT2D eigenvalue weighted by Gasteiger charge is 2.18. The Hall–Kier alpha value is -2.33. The van der Waals surface area contributed by atoms with E-state index in [2.05, 4.69) is 29.2 Å². The van der Waals surface area contributed by atoms with E-state index in [4.69, 9.17) is 9.47 Å². The third kappa shape index (κ3) is 3.91. The van der Waals surface area contributed by atoms with Crippen molar-refractivity contribution in [3.63, 3.8) is 0 Å². The van der Waals surface area contributed by atoms with Crippen molar-refractivity contribution in [3.05, 3.63) is 65.2 Å². The van der Waals surface area contributed by atoms with E-state index in [1.54, 1.807) is 0 Å². The molecule has 2 aromatic carbocycles. The topological polar surface area (TPSA) is 38.8 Å². The van der Waals surface area contributed by atoms with Gasteiger partial charge >= 0.3 is 5.97 Å². The van der Waals surface area contributed by atoms with E-state index in [0.29, 0.717) is 12.2 Å². The molecular weight excluding hydrogens is 326 g/mol. The average Bonchev–Trinajstić information content (AvgIpc) is 2.72. The van der Waals surface area contributed by atoms with Gasteiger partial charge in [-0.2, -0.15) is 0 Å². The molecule has 1 unspecified atom stereocenters. The number of esters is 1. The van der Waals surface area contributed by atoms with Crippen molar-refractivity contribution >= 4 is 11.7 Å². The Balaban J connectivity index is 1.35. The van der Waals surface area contributed by atoms with Gasteiger partial charge in [0.2, 0.25) is 0 Å². The molecule has 4 nitrogen and oxygen atoms in total. The molecule has 1 atom stereocenters. The van der Waals surface area contributed by atoms with Crippen LogP contribution in [0.5, 0.6) is 0 Å². The first-order chi connectivity index (χ1) is 12.8. The number of benzene rings is 2. The SMILES string of the molecule is O=C(OCC1CCCCO1)c1ccc(N2CCc3ccccc3C2)cc1. The largest absolute Gasteiger partial charge is 0.459 e. The van der Waals surface area contributed by atoms with Crippen molar-refractivity contribution in [2.45, 2.75) is 38.3 Å². The van der Waals surface area contributed by atoms with Crippen LogP contribution in [0.2, 0.25) is 0 Å². The molecule has 2 aliphatic heterocycles. The lowest BCUT2D eigenvalue weighted by atomic mass is 9.99. The molecule has 1 fully saturated rings. The number of ether oxygens (including phenoxy) is 2. The summed E-state index contributed by atoms with van der Waals surface area (Å²) in [6, 6.07) is 16.4. The molecule has 0 aromatic heterocycles. The van der Waals surface area contributed by atoms with E-state index >= 15 is 0 Å². The molecular formula is C22H25NO3. The fourth-order valence-electron chi connectivity index (χ4n) is 3.72. The number of carbonyl (C=O) groups is 1. The fourth-order valence-corrected chi connectivity index (χ4v) is 3.72. The lowest BCUT2D eigenvalue weighted by Gasteiger charge is -2.30. The van der Waals surface area contributed by atoms with Gasteiger partial charge in [-0.25, -0.2) is 4.79 Å². The molecule has 0 radical (unpaired) electrons. The lowest BCUT2D eigenvalue weighted by molar-refractivity contribution is -0.0300. The zero-order chi connectivity index (χ0) is 17.8. The summed E-state index contributed by atoms with van der Waals surface area (Å²) in [6.07, 6.45) is 4.34. The normalized spacial score (nSPS) is 19.7. The molecule has 4 heteroatoms. The van der Waals surface area contributed by atoms with Crippen LogP contribution in [0.4, 0.5) is 5.69 Å². The molecule has 0 spiro atoms. The van der Waals surface area contributed by atoms with Crippen molar-refractivity contribution in [2.75, 3.05) is 24.7 Å². The predicted molar refractivity (Wildman–Crippen MR) is 102 cm³/mol. The smallest absolute Gasteiger partial charge is 0.338 e. The second-order valence-electron chi connectivity index (χ2n) is 7.07. The summed E-state index contributed by atoms with van der Waals surface area (Å²) in [5, 5.41) is 0. The Bertz CT molecular complexity index is 750. The number of hydrogen-bond acceptors (Lipinski definition) is 4. The van der Waals surface area contributed by atoms with Crippen LogP contribution in [0.1, 0.15) is 40.7 Å². The van der Waals surface area contributed by atoms with Gasteiger partial charge in [0.1, 0.15) is 6.61 Å². The highest BCUT2D eigenvalue weighted by Crippen LogP contribution is 2.25. The zero-order valence-electron chi connectivity index (χ0n) is 15.0. The van der Waals surface area contributed by atoms with Gasteiger partial charge in [0.25, 0.3) is 0 Å². The summed E-state index contributed by atoms with van der Waals surface area (Å²) in [5.41, 5.74) is 4.57. The van der Waals surface area contributed by atoms with Crippen LogP contribution in [-0.2, 0) is 22.4 Å². The van der Waals surface area contributed by atoms with Gasteiger partial charge in [0.15, 0.2) is 0 Å². The predicted octanol–water partition coefficient (Wildman–Crippen LogP) is 3.98. The molecule has 0 N–H and O–H groups in total. The van der Waals surface area contributed by atoms with Gasteiger partial charge < -0.3 is 14.4 Å². The van der Waals surface area contributed by atoms with Crippen molar-refractivity contribution in [3.8, 4) is 0 Å². The standard InChI is InChI=1S/C22H25NO3/c24-22(26-16-21-7-3-4-14-25-21)18-8-10-20(11-9-18)23-13-12-17-5-1-2-6-19(17)15-23/h1-2,5-6,8-11,21H,3-4,7,12-16H2. The first-order valence-electron chi connectivity index (χ1n) is 9.50. The van der Waals surface area contributed by atoms with E-state index in [9.17, 15) is 4.79 Å². The number of carbonyl (C=O) groups excluding carboxylic acids is 1. The van der Waals surface area contributed by atoms with Gasteiger partial charge in [-0.15, -0.1) is 0 Å². The van der Waals surface area contributed by atoms with Crippen LogP contribution in [0.3, 0.4) is 0 Å². The maximum Gasteiger partial charge on any atom is 0.338 e. The summed E-state index contributed by atoms with van der Waals surface area (Å²) in [7, 11) is 0. The average molecular weight is 351 g/mol. The third-order valence-electron chi connectivity index (χ3n) is 5.27. The summed E-state index contributed by atoms with van der Waals surface area (Å²) >= 11 is 0. The third-order valence-corrected chi connectivity index (χ3v) is 5.27. The van der Waals surface area contributed by atoms with Crippen LogP contribution in [0.25, 0.3) is 0 Å². The molecule has 1 saturated heterocycles. The van der Waals surface area contributed by atoms with Crippen LogP contribution in [0.15, 0.2) is 48.5 Å². The van der Waals surface area contributed by atoms with Crippen LogP contribution in [-0.4, -0.2) is 31.8 Å². The van der Waals surface area contributed by atoms with Gasteiger partial charge in [-0.05, 0) is 61.1 Å². The fraction of sp³-hybridized carbons (Fsp3) is 0.409. The Kier molecular flexibility index (Phi) is 5.21. The highest BCUT2D eigenvalue weighted by atomic mass is 16.6. The van der Waals surface area contributed by atoms with E-state index in [1.807, 2.05) is 24.3 Å². The Morgan fingerprint density at radius 1 is 1.08 bits per heavy atom. The van der Waals surface area contributed by atoms with Crippen LogP contribution >= 0.6 is 0 Å². The summed E-state index contributed by atoms with van der Waals surface area (Å²) in [5.74, 6) is -0.269. The number of anilines is 1. The van der Waals surface area contributed by atoms with Crippen molar-refractivity contribution in [1.82, 2.24) is 0 Å². The minimum absolute atomic E-state index is 0.0559. The van der Waals surface area contributed by atoms with Crippen LogP contribution < -0.4 is 4.90 Å². The van der Waals surface area contributed by atoms with Crippen LogP contribution in [0, 0.1) is 0 Å². The summed E-state index contributed by atoms with van der Waals surface area (Å²) in [4.78, 5) is 14.6. The number of rotatable bonds is 4. The molecule has 2 aromatic rings. The van der Waals surface area contributed by atoms with Gasteiger partial charge in [-0.1, -0.05) is 24.3 Å². The molecule has 136 valence electrons. The van der Waals surface area contributed by atoms with Crippen molar-refractivity contribution < 1.29 is 14.3 Å². The van der Waals surface area contributed by atoms with E-state index in [1.165, 1.54) is 11.1 Å². The number of nitrogens with zero attached hydrogens (tertiary/aromatic N) is 1.